The molecule has 4 nitrogen and oxygen atoms in total. The summed E-state index contributed by atoms with van der Waals surface area (Å²) in [5.41, 5.74) is -1.02. The Labute approximate surface area is 170 Å². The molecule has 0 aliphatic carbocycles. The molecular formula is C19H19ClF5N3O. The molecule has 158 valence electrons. The van der Waals surface area contributed by atoms with Gasteiger partial charge < -0.3 is 4.90 Å². The van der Waals surface area contributed by atoms with Crippen molar-refractivity contribution in [3.63, 3.8) is 0 Å². The summed E-state index contributed by atoms with van der Waals surface area (Å²) in [5.74, 6) is -2.06. The zero-order chi connectivity index (χ0) is 20.3. The smallest absolute Gasteiger partial charge is 0.337 e. The summed E-state index contributed by atoms with van der Waals surface area (Å²) in [6, 6.07) is 4.05. The van der Waals surface area contributed by atoms with Crippen molar-refractivity contribution < 1.29 is 26.7 Å². The fourth-order valence-electron chi connectivity index (χ4n) is 3.27. The molecule has 1 saturated heterocycles. The van der Waals surface area contributed by atoms with E-state index in [1.807, 2.05) is 4.90 Å². The monoisotopic (exact) mass is 435 g/mol. The lowest BCUT2D eigenvalue weighted by Gasteiger charge is -2.23. The highest BCUT2D eigenvalue weighted by atomic mass is 35.5. The number of nitrogens with zero attached hydrogens (tertiary/aromatic N) is 3. The molecule has 1 fully saturated rings. The first-order chi connectivity index (χ1) is 13.2. The number of rotatable bonds is 3. The Morgan fingerprint density at radius 2 is 1.72 bits per heavy atom. The highest BCUT2D eigenvalue weighted by Crippen LogP contribution is 2.32. The molecule has 2 heterocycles. The standard InChI is InChI=1S/C19H18F5N3O.ClH/c20-14-8-13(9-15(21)10-14)12-26-4-1-5-27(7-6-26)18(28)16-11-25-3-2-17(16)19(22,23)24;/h2-3,8-11H,1,4-7,12H2;1H. The second-order valence-corrected chi connectivity index (χ2v) is 6.62. The van der Waals surface area contributed by atoms with Gasteiger partial charge in [0.2, 0.25) is 0 Å². The lowest BCUT2D eigenvalue weighted by molar-refractivity contribution is -0.138. The third kappa shape index (κ3) is 5.86. The van der Waals surface area contributed by atoms with Gasteiger partial charge in [0.05, 0.1) is 11.1 Å². The van der Waals surface area contributed by atoms with Crippen LogP contribution in [0.3, 0.4) is 0 Å². The van der Waals surface area contributed by atoms with Crippen LogP contribution in [0.4, 0.5) is 22.0 Å². The SMILES string of the molecule is Cl.O=C(c1cnccc1C(F)(F)F)N1CCCN(Cc2cc(F)cc(F)c2)CC1. The number of halogens is 6. The number of amides is 1. The lowest BCUT2D eigenvalue weighted by Crippen LogP contribution is -2.36. The Balaban J connectivity index is 0.00000300. The number of hydrogen-bond donors (Lipinski definition) is 0. The van der Waals surface area contributed by atoms with E-state index in [1.165, 1.54) is 17.0 Å². The minimum absolute atomic E-state index is 0. The molecule has 1 aliphatic rings. The van der Waals surface area contributed by atoms with Gasteiger partial charge in [-0.15, -0.1) is 12.4 Å². The van der Waals surface area contributed by atoms with Crippen LogP contribution in [0, 0.1) is 11.6 Å². The van der Waals surface area contributed by atoms with E-state index in [0.717, 1.165) is 24.5 Å². The number of aromatic nitrogens is 1. The highest BCUT2D eigenvalue weighted by Gasteiger charge is 2.36. The molecule has 0 atom stereocenters. The van der Waals surface area contributed by atoms with Gasteiger partial charge in [0.1, 0.15) is 11.6 Å². The first kappa shape index (κ1) is 23.0. The predicted molar refractivity (Wildman–Crippen MR) is 98.6 cm³/mol. The summed E-state index contributed by atoms with van der Waals surface area (Å²) in [6.07, 6.45) is -2.18. The van der Waals surface area contributed by atoms with Crippen LogP contribution < -0.4 is 0 Å². The predicted octanol–water partition coefficient (Wildman–Crippen LogP) is 4.15. The molecule has 1 aromatic heterocycles. The second kappa shape index (κ2) is 9.49. The van der Waals surface area contributed by atoms with Gasteiger partial charge >= 0.3 is 6.18 Å². The fraction of sp³-hybridized carbons (Fsp3) is 0.368. The maximum Gasteiger partial charge on any atom is 0.417 e. The molecule has 29 heavy (non-hydrogen) atoms. The van der Waals surface area contributed by atoms with E-state index in [1.54, 1.807) is 0 Å². The Morgan fingerprint density at radius 1 is 1.03 bits per heavy atom. The molecule has 1 aromatic carbocycles. The summed E-state index contributed by atoms with van der Waals surface area (Å²) in [7, 11) is 0. The highest BCUT2D eigenvalue weighted by molar-refractivity contribution is 5.95. The van der Waals surface area contributed by atoms with Crippen LogP contribution in [-0.4, -0.2) is 46.9 Å². The third-order valence-electron chi connectivity index (χ3n) is 4.56. The molecule has 3 rings (SSSR count). The zero-order valence-electron chi connectivity index (χ0n) is 15.3. The van der Waals surface area contributed by atoms with Crippen LogP contribution in [0.5, 0.6) is 0 Å². The van der Waals surface area contributed by atoms with Gasteiger partial charge in [0.15, 0.2) is 0 Å². The van der Waals surface area contributed by atoms with E-state index in [-0.39, 0.29) is 25.5 Å². The van der Waals surface area contributed by atoms with Gasteiger partial charge in [-0.3, -0.25) is 14.7 Å². The number of carbonyl (C=O) groups is 1. The van der Waals surface area contributed by atoms with Crippen LogP contribution in [-0.2, 0) is 12.7 Å². The molecule has 2 aromatic rings. The van der Waals surface area contributed by atoms with E-state index in [0.29, 0.717) is 31.6 Å². The molecule has 0 spiro atoms. The average Bonchev–Trinajstić information content (AvgIpc) is 2.85. The largest absolute Gasteiger partial charge is 0.417 e. The molecule has 0 saturated carbocycles. The van der Waals surface area contributed by atoms with E-state index in [2.05, 4.69) is 4.98 Å². The van der Waals surface area contributed by atoms with Gasteiger partial charge in [-0.1, -0.05) is 0 Å². The Hall–Kier alpha value is -2.26. The summed E-state index contributed by atoms with van der Waals surface area (Å²) in [4.78, 5) is 19.6. The summed E-state index contributed by atoms with van der Waals surface area (Å²) >= 11 is 0. The van der Waals surface area contributed by atoms with Crippen LogP contribution in [0.2, 0.25) is 0 Å². The van der Waals surface area contributed by atoms with Crippen LogP contribution in [0.1, 0.15) is 27.9 Å². The zero-order valence-corrected chi connectivity index (χ0v) is 16.1. The molecular weight excluding hydrogens is 417 g/mol. The number of hydrogen-bond acceptors (Lipinski definition) is 3. The summed E-state index contributed by atoms with van der Waals surface area (Å²) in [6.45, 7) is 1.73. The summed E-state index contributed by atoms with van der Waals surface area (Å²) < 4.78 is 66.2. The number of alkyl halides is 3. The van der Waals surface area contributed by atoms with E-state index in [9.17, 15) is 26.7 Å². The van der Waals surface area contributed by atoms with Crippen molar-refractivity contribution >= 4 is 18.3 Å². The van der Waals surface area contributed by atoms with Crippen LogP contribution in [0.15, 0.2) is 36.7 Å². The molecule has 0 radical (unpaired) electrons. The maximum atomic E-state index is 13.3. The van der Waals surface area contributed by atoms with Crippen molar-refractivity contribution in [2.24, 2.45) is 0 Å². The second-order valence-electron chi connectivity index (χ2n) is 6.62. The minimum Gasteiger partial charge on any atom is -0.337 e. The Morgan fingerprint density at radius 3 is 2.38 bits per heavy atom. The van der Waals surface area contributed by atoms with Crippen molar-refractivity contribution in [3.8, 4) is 0 Å². The number of carbonyl (C=O) groups excluding carboxylic acids is 1. The van der Waals surface area contributed by atoms with E-state index >= 15 is 0 Å². The fourth-order valence-corrected chi connectivity index (χ4v) is 3.27. The molecule has 10 heteroatoms. The Bertz CT molecular complexity index is 842. The normalized spacial score (nSPS) is 15.6. The van der Waals surface area contributed by atoms with Gasteiger partial charge in [0, 0.05) is 51.2 Å². The lowest BCUT2D eigenvalue weighted by atomic mass is 10.1. The van der Waals surface area contributed by atoms with E-state index in [4.69, 9.17) is 0 Å². The quantitative estimate of drug-likeness (QED) is 0.680. The van der Waals surface area contributed by atoms with Crippen LogP contribution in [0.25, 0.3) is 0 Å². The van der Waals surface area contributed by atoms with Crippen molar-refractivity contribution in [1.82, 2.24) is 14.8 Å². The number of pyridine rings is 1. The van der Waals surface area contributed by atoms with Crippen LogP contribution >= 0.6 is 12.4 Å². The van der Waals surface area contributed by atoms with Gasteiger partial charge in [-0.05, 0) is 30.2 Å². The minimum atomic E-state index is -4.65. The van der Waals surface area contributed by atoms with Crippen molar-refractivity contribution in [2.75, 3.05) is 26.2 Å². The topological polar surface area (TPSA) is 36.4 Å². The van der Waals surface area contributed by atoms with Gasteiger partial charge in [-0.25, -0.2) is 8.78 Å². The number of benzene rings is 1. The third-order valence-corrected chi connectivity index (χ3v) is 4.56. The molecule has 0 unspecified atom stereocenters. The average molecular weight is 436 g/mol. The first-order valence-electron chi connectivity index (χ1n) is 8.72. The van der Waals surface area contributed by atoms with Crippen molar-refractivity contribution in [1.29, 1.82) is 0 Å². The molecule has 1 aliphatic heterocycles. The Kier molecular flexibility index (Phi) is 7.54. The van der Waals surface area contributed by atoms with Gasteiger partial charge in [-0.2, -0.15) is 13.2 Å². The summed E-state index contributed by atoms with van der Waals surface area (Å²) in [5, 5.41) is 0. The maximum absolute atomic E-state index is 13.3. The molecule has 0 N–H and O–H groups in total. The van der Waals surface area contributed by atoms with Gasteiger partial charge in [0.25, 0.3) is 5.91 Å². The first-order valence-corrected chi connectivity index (χ1v) is 8.72. The molecule has 0 bridgehead atoms. The molecule has 1 amide bonds. The van der Waals surface area contributed by atoms with E-state index < -0.39 is 34.8 Å². The van der Waals surface area contributed by atoms with Crippen molar-refractivity contribution in [3.05, 3.63) is 65.0 Å². The van der Waals surface area contributed by atoms with Crippen molar-refractivity contribution in [2.45, 2.75) is 19.1 Å².